The molecule has 0 N–H and O–H groups in total. The van der Waals surface area contributed by atoms with Gasteiger partial charge >= 0.3 is 6.18 Å². The maximum Gasteiger partial charge on any atom is 0.414 e. The molecule has 1 aliphatic rings. The van der Waals surface area contributed by atoms with Crippen LogP contribution in [0.1, 0.15) is 18.4 Å². The molecule has 0 amide bonds. The second-order valence-corrected chi connectivity index (χ2v) is 6.97. The van der Waals surface area contributed by atoms with Gasteiger partial charge in [0.2, 0.25) is 0 Å². The molecule has 1 aliphatic heterocycles. The molecule has 1 heterocycles. The molecule has 1 fully saturated rings. The van der Waals surface area contributed by atoms with Crippen LogP contribution in [0.25, 0.3) is 0 Å². The summed E-state index contributed by atoms with van der Waals surface area (Å²) in [5.74, 6) is -0.362. The molecule has 0 spiro atoms. The summed E-state index contributed by atoms with van der Waals surface area (Å²) in [6, 6.07) is 6.16. The van der Waals surface area contributed by atoms with E-state index in [0.717, 1.165) is 5.56 Å². The summed E-state index contributed by atoms with van der Waals surface area (Å²) >= 11 is 0. The van der Waals surface area contributed by atoms with Crippen molar-refractivity contribution in [2.24, 2.45) is 5.92 Å². The van der Waals surface area contributed by atoms with Gasteiger partial charge in [-0.3, -0.25) is 4.18 Å². The highest BCUT2D eigenvalue weighted by Crippen LogP contribution is 2.31. The number of benzene rings is 1. The Morgan fingerprint density at radius 2 is 1.86 bits per heavy atom. The zero-order chi connectivity index (χ0) is 16.4. The molecular weight excluding hydrogens is 321 g/mol. The zero-order valence-corrected chi connectivity index (χ0v) is 12.8. The molecule has 0 aromatic heterocycles. The molecule has 1 aromatic carbocycles. The SMILES string of the molecule is Cc1ccc(S(=O)(=O)OCC2CCC(C(F)(F)F)OC2)cc1. The number of hydrogen-bond donors (Lipinski definition) is 0. The minimum Gasteiger partial charge on any atom is -0.368 e. The fourth-order valence-electron chi connectivity index (χ4n) is 2.15. The van der Waals surface area contributed by atoms with Gasteiger partial charge in [-0.15, -0.1) is 0 Å². The van der Waals surface area contributed by atoms with Crippen molar-refractivity contribution in [3.8, 4) is 0 Å². The lowest BCUT2D eigenvalue weighted by Crippen LogP contribution is -2.38. The average Bonchev–Trinajstić information content (AvgIpc) is 2.45. The minimum atomic E-state index is -4.38. The summed E-state index contributed by atoms with van der Waals surface area (Å²) in [6.07, 6.45) is -6.10. The van der Waals surface area contributed by atoms with E-state index in [0.29, 0.717) is 0 Å². The van der Waals surface area contributed by atoms with Crippen LogP contribution in [0.5, 0.6) is 0 Å². The van der Waals surface area contributed by atoms with Crippen molar-refractivity contribution in [2.75, 3.05) is 13.2 Å². The van der Waals surface area contributed by atoms with Crippen LogP contribution in [0, 0.1) is 12.8 Å². The van der Waals surface area contributed by atoms with E-state index in [1.807, 2.05) is 6.92 Å². The number of rotatable bonds is 4. The molecule has 4 nitrogen and oxygen atoms in total. The standard InChI is InChI=1S/C14H17F3O4S/c1-10-2-5-12(6-3-10)22(18,19)21-9-11-4-7-13(20-8-11)14(15,16)17/h2-3,5-6,11,13H,4,7-9H2,1H3. The quantitative estimate of drug-likeness (QED) is 0.792. The third kappa shape index (κ3) is 4.44. The Labute approximate surface area is 127 Å². The summed E-state index contributed by atoms with van der Waals surface area (Å²) in [5, 5.41) is 0. The van der Waals surface area contributed by atoms with Gasteiger partial charge in [-0.25, -0.2) is 0 Å². The van der Waals surface area contributed by atoms with Crippen molar-refractivity contribution >= 4 is 10.1 Å². The second-order valence-electron chi connectivity index (χ2n) is 5.36. The first-order valence-corrected chi connectivity index (χ1v) is 8.24. The van der Waals surface area contributed by atoms with E-state index in [9.17, 15) is 21.6 Å². The molecule has 0 bridgehead atoms. The van der Waals surface area contributed by atoms with Crippen molar-refractivity contribution in [3.05, 3.63) is 29.8 Å². The predicted molar refractivity (Wildman–Crippen MR) is 72.8 cm³/mol. The summed E-state index contributed by atoms with van der Waals surface area (Å²) < 4.78 is 70.9. The number of ether oxygens (including phenoxy) is 1. The fraction of sp³-hybridized carbons (Fsp3) is 0.571. The third-order valence-electron chi connectivity index (χ3n) is 3.50. The van der Waals surface area contributed by atoms with Crippen LogP contribution in [0.4, 0.5) is 13.2 Å². The number of alkyl halides is 3. The third-order valence-corrected chi connectivity index (χ3v) is 4.80. The lowest BCUT2D eigenvalue weighted by atomic mass is 9.99. The molecule has 8 heteroatoms. The second kappa shape index (κ2) is 6.55. The highest BCUT2D eigenvalue weighted by Gasteiger charge is 2.43. The van der Waals surface area contributed by atoms with Gasteiger partial charge in [-0.05, 0) is 31.9 Å². The van der Waals surface area contributed by atoms with Gasteiger partial charge in [-0.1, -0.05) is 17.7 Å². The molecule has 0 aliphatic carbocycles. The van der Waals surface area contributed by atoms with Crippen LogP contribution < -0.4 is 0 Å². The van der Waals surface area contributed by atoms with Crippen molar-refractivity contribution in [3.63, 3.8) is 0 Å². The van der Waals surface area contributed by atoms with E-state index in [4.69, 9.17) is 8.92 Å². The fourth-order valence-corrected chi connectivity index (χ4v) is 3.13. The largest absolute Gasteiger partial charge is 0.414 e. The van der Waals surface area contributed by atoms with Gasteiger partial charge in [0, 0.05) is 5.92 Å². The van der Waals surface area contributed by atoms with Gasteiger partial charge in [0.15, 0.2) is 6.10 Å². The van der Waals surface area contributed by atoms with E-state index < -0.39 is 22.4 Å². The van der Waals surface area contributed by atoms with Crippen LogP contribution in [0.2, 0.25) is 0 Å². The highest BCUT2D eigenvalue weighted by molar-refractivity contribution is 7.86. The van der Waals surface area contributed by atoms with E-state index in [2.05, 4.69) is 0 Å². The topological polar surface area (TPSA) is 52.6 Å². The summed E-state index contributed by atoms with van der Waals surface area (Å²) in [7, 11) is -3.90. The minimum absolute atomic E-state index is 0.0306. The molecule has 2 rings (SSSR count). The van der Waals surface area contributed by atoms with Crippen LogP contribution in [0.15, 0.2) is 29.2 Å². The van der Waals surface area contributed by atoms with Crippen molar-refractivity contribution in [1.82, 2.24) is 0 Å². The Kier molecular flexibility index (Phi) is 5.14. The molecule has 1 saturated heterocycles. The van der Waals surface area contributed by atoms with Crippen molar-refractivity contribution in [2.45, 2.75) is 36.9 Å². The van der Waals surface area contributed by atoms with Crippen molar-refractivity contribution in [1.29, 1.82) is 0 Å². The first kappa shape index (κ1) is 17.2. The van der Waals surface area contributed by atoms with E-state index in [1.54, 1.807) is 12.1 Å². The number of aryl methyl sites for hydroxylation is 1. The van der Waals surface area contributed by atoms with Gasteiger partial charge in [0.1, 0.15) is 0 Å². The lowest BCUT2D eigenvalue weighted by molar-refractivity contribution is -0.236. The highest BCUT2D eigenvalue weighted by atomic mass is 32.2. The Hall–Kier alpha value is -1.12. The molecule has 2 atom stereocenters. The number of hydrogen-bond acceptors (Lipinski definition) is 4. The molecule has 2 unspecified atom stereocenters. The van der Waals surface area contributed by atoms with Crippen LogP contribution in [-0.2, 0) is 19.0 Å². The van der Waals surface area contributed by atoms with Gasteiger partial charge in [-0.2, -0.15) is 21.6 Å². The van der Waals surface area contributed by atoms with Crippen LogP contribution >= 0.6 is 0 Å². The monoisotopic (exact) mass is 338 g/mol. The first-order valence-electron chi connectivity index (χ1n) is 6.83. The molecule has 124 valence electrons. The van der Waals surface area contributed by atoms with E-state index in [-0.39, 0.29) is 36.9 Å². The predicted octanol–water partition coefficient (Wildman–Crippen LogP) is 3.06. The summed E-state index contributed by atoms with van der Waals surface area (Å²) in [6.45, 7) is 1.49. The molecule has 0 radical (unpaired) electrons. The zero-order valence-electron chi connectivity index (χ0n) is 12.0. The summed E-state index contributed by atoms with van der Waals surface area (Å²) in [4.78, 5) is 0.0306. The Morgan fingerprint density at radius 3 is 2.36 bits per heavy atom. The molecule has 22 heavy (non-hydrogen) atoms. The smallest absolute Gasteiger partial charge is 0.368 e. The normalized spacial score (nSPS) is 23.5. The Balaban J connectivity index is 1.87. The van der Waals surface area contributed by atoms with Gasteiger partial charge < -0.3 is 4.74 Å². The average molecular weight is 338 g/mol. The van der Waals surface area contributed by atoms with Crippen LogP contribution in [-0.4, -0.2) is 33.9 Å². The molecule has 0 saturated carbocycles. The van der Waals surface area contributed by atoms with Crippen molar-refractivity contribution < 1.29 is 30.5 Å². The summed E-state index contributed by atoms with van der Waals surface area (Å²) in [5.41, 5.74) is 0.915. The Morgan fingerprint density at radius 1 is 1.23 bits per heavy atom. The molecular formula is C14H17F3O4S. The molecule has 1 aromatic rings. The first-order chi connectivity index (χ1) is 10.2. The van der Waals surface area contributed by atoms with Gasteiger partial charge in [0.05, 0.1) is 18.1 Å². The lowest BCUT2D eigenvalue weighted by Gasteiger charge is -2.29. The maximum absolute atomic E-state index is 12.4. The Bertz CT molecular complexity index is 588. The van der Waals surface area contributed by atoms with E-state index in [1.165, 1.54) is 12.1 Å². The number of halogens is 3. The maximum atomic E-state index is 12.4. The van der Waals surface area contributed by atoms with Gasteiger partial charge in [0.25, 0.3) is 10.1 Å². The van der Waals surface area contributed by atoms with Crippen LogP contribution in [0.3, 0.4) is 0 Å². The van der Waals surface area contributed by atoms with E-state index >= 15 is 0 Å².